The molecule has 4 nitrogen and oxygen atoms in total. The van der Waals surface area contributed by atoms with Gasteiger partial charge in [-0.05, 0) is 23.3 Å². The fraction of sp³-hybridized carbons (Fsp3) is 0.188. The predicted molar refractivity (Wildman–Crippen MR) is 84.5 cm³/mol. The quantitative estimate of drug-likeness (QED) is 0.840. The third kappa shape index (κ3) is 3.71. The molecule has 0 aliphatic heterocycles. The molecule has 116 valence electrons. The number of halogens is 2. The van der Waals surface area contributed by atoms with Crippen LogP contribution in [0.3, 0.4) is 0 Å². The molecular formula is C16H14Cl2O4. The van der Waals surface area contributed by atoms with Crippen LogP contribution < -0.4 is 4.74 Å². The summed E-state index contributed by atoms with van der Waals surface area (Å²) in [6, 6.07) is 10.1. The Labute approximate surface area is 138 Å². The number of rotatable bonds is 5. The van der Waals surface area contributed by atoms with Gasteiger partial charge >= 0.3 is 5.97 Å². The number of methoxy groups -OCH3 is 1. The summed E-state index contributed by atoms with van der Waals surface area (Å²) in [6.45, 7) is 0.0475. The molecule has 1 N–H and O–H groups in total. The summed E-state index contributed by atoms with van der Waals surface area (Å²) in [7, 11) is 1.40. The normalized spacial score (nSPS) is 10.4. The number of carbonyl (C=O) groups excluding carboxylic acids is 1. The van der Waals surface area contributed by atoms with Crippen molar-refractivity contribution in [1.82, 2.24) is 0 Å². The number of carbonyl (C=O) groups is 1. The molecule has 0 saturated carbocycles. The molecule has 0 amide bonds. The highest BCUT2D eigenvalue weighted by Gasteiger charge is 2.20. The van der Waals surface area contributed by atoms with E-state index in [0.29, 0.717) is 0 Å². The number of aliphatic hydroxyl groups excluding tert-OH is 1. The second-order valence-corrected chi connectivity index (χ2v) is 5.30. The van der Waals surface area contributed by atoms with Gasteiger partial charge in [0.15, 0.2) is 5.75 Å². The van der Waals surface area contributed by atoms with Gasteiger partial charge in [0.25, 0.3) is 0 Å². The monoisotopic (exact) mass is 340 g/mol. The van der Waals surface area contributed by atoms with Gasteiger partial charge in [-0.1, -0.05) is 47.5 Å². The van der Waals surface area contributed by atoms with E-state index < -0.39 is 5.97 Å². The van der Waals surface area contributed by atoms with Crippen molar-refractivity contribution in [2.45, 2.75) is 13.2 Å². The molecular weight excluding hydrogens is 327 g/mol. The van der Waals surface area contributed by atoms with Crippen molar-refractivity contribution in [2.75, 3.05) is 7.11 Å². The van der Waals surface area contributed by atoms with Crippen LogP contribution in [0.4, 0.5) is 0 Å². The maximum Gasteiger partial charge on any atom is 0.343 e. The Morgan fingerprint density at radius 1 is 1.05 bits per heavy atom. The van der Waals surface area contributed by atoms with Crippen LogP contribution in [-0.2, 0) is 18.0 Å². The molecule has 2 rings (SSSR count). The van der Waals surface area contributed by atoms with E-state index >= 15 is 0 Å². The Bertz CT molecular complexity index is 669. The van der Waals surface area contributed by atoms with E-state index in [9.17, 15) is 4.79 Å². The third-order valence-corrected chi connectivity index (χ3v) is 3.66. The molecule has 22 heavy (non-hydrogen) atoms. The maximum absolute atomic E-state index is 12.2. The van der Waals surface area contributed by atoms with Gasteiger partial charge < -0.3 is 14.6 Å². The van der Waals surface area contributed by atoms with Crippen molar-refractivity contribution in [3.8, 4) is 5.75 Å². The first kappa shape index (κ1) is 16.6. The summed E-state index contributed by atoms with van der Waals surface area (Å²) >= 11 is 12.0. The van der Waals surface area contributed by atoms with Crippen LogP contribution in [0.1, 0.15) is 21.5 Å². The van der Waals surface area contributed by atoms with Crippen LogP contribution >= 0.6 is 23.2 Å². The Kier molecular flexibility index (Phi) is 5.66. The number of hydrogen-bond acceptors (Lipinski definition) is 4. The van der Waals surface area contributed by atoms with E-state index in [2.05, 4.69) is 0 Å². The van der Waals surface area contributed by atoms with Crippen LogP contribution in [-0.4, -0.2) is 18.2 Å². The van der Waals surface area contributed by atoms with Gasteiger partial charge in [-0.2, -0.15) is 0 Å². The fourth-order valence-electron chi connectivity index (χ4n) is 1.88. The van der Waals surface area contributed by atoms with Crippen LogP contribution in [0.25, 0.3) is 0 Å². The minimum absolute atomic E-state index is 0.0324. The van der Waals surface area contributed by atoms with Crippen molar-refractivity contribution in [1.29, 1.82) is 0 Å². The lowest BCUT2D eigenvalue weighted by Crippen LogP contribution is -2.08. The summed E-state index contributed by atoms with van der Waals surface area (Å²) in [4.78, 5) is 12.2. The fourth-order valence-corrected chi connectivity index (χ4v) is 2.35. The van der Waals surface area contributed by atoms with Gasteiger partial charge in [-0.15, -0.1) is 0 Å². The van der Waals surface area contributed by atoms with Crippen molar-refractivity contribution in [3.05, 3.63) is 63.1 Å². The van der Waals surface area contributed by atoms with E-state index in [0.717, 1.165) is 11.1 Å². The topological polar surface area (TPSA) is 55.8 Å². The van der Waals surface area contributed by atoms with E-state index in [1.165, 1.54) is 13.2 Å². The molecule has 0 heterocycles. The largest absolute Gasteiger partial charge is 0.494 e. The average Bonchev–Trinajstić information content (AvgIpc) is 2.54. The molecule has 0 spiro atoms. The molecule has 0 aromatic heterocycles. The zero-order valence-corrected chi connectivity index (χ0v) is 13.3. The summed E-state index contributed by atoms with van der Waals surface area (Å²) in [5, 5.41) is 9.48. The molecule has 0 bridgehead atoms. The first-order valence-electron chi connectivity index (χ1n) is 6.44. The van der Waals surface area contributed by atoms with Crippen LogP contribution in [0, 0.1) is 0 Å². The smallest absolute Gasteiger partial charge is 0.343 e. The Morgan fingerprint density at radius 2 is 1.64 bits per heavy atom. The highest BCUT2D eigenvalue weighted by Crippen LogP contribution is 2.34. The minimum Gasteiger partial charge on any atom is -0.494 e. The molecule has 0 saturated heterocycles. The van der Waals surface area contributed by atoms with Gasteiger partial charge in [0.05, 0.1) is 23.8 Å². The molecule has 0 radical (unpaired) electrons. The Morgan fingerprint density at radius 3 is 2.23 bits per heavy atom. The van der Waals surface area contributed by atoms with Crippen molar-refractivity contribution >= 4 is 29.2 Å². The van der Waals surface area contributed by atoms with Crippen LogP contribution in [0.15, 0.2) is 36.4 Å². The Balaban J connectivity index is 2.14. The third-order valence-electron chi connectivity index (χ3n) is 3.04. The molecule has 0 aliphatic carbocycles. The number of benzene rings is 2. The lowest BCUT2D eigenvalue weighted by Gasteiger charge is -2.12. The Hall–Kier alpha value is -1.75. The predicted octanol–water partition coefficient (Wildman–Crippen LogP) is 3.85. The number of esters is 1. The second kappa shape index (κ2) is 7.49. The molecule has 0 unspecified atom stereocenters. The van der Waals surface area contributed by atoms with Crippen molar-refractivity contribution in [3.63, 3.8) is 0 Å². The van der Waals surface area contributed by atoms with E-state index in [4.69, 9.17) is 37.8 Å². The first-order valence-corrected chi connectivity index (χ1v) is 7.20. The van der Waals surface area contributed by atoms with Gasteiger partial charge in [0.1, 0.15) is 12.2 Å². The minimum atomic E-state index is -0.615. The molecule has 0 aliphatic rings. The number of hydrogen-bond donors (Lipinski definition) is 1. The molecule has 6 heteroatoms. The van der Waals surface area contributed by atoms with E-state index in [-0.39, 0.29) is 34.6 Å². The van der Waals surface area contributed by atoms with E-state index in [1.54, 1.807) is 30.3 Å². The standard InChI is InChI=1S/C16H14Cl2O4/c1-21-15-13(18)7-6-12(17)14(15)16(20)22-9-11-4-2-10(8-19)3-5-11/h2-7,19H,8-9H2,1H3. The number of ether oxygens (including phenoxy) is 2. The highest BCUT2D eigenvalue weighted by molar-refractivity contribution is 6.37. The van der Waals surface area contributed by atoms with Crippen molar-refractivity contribution in [2.24, 2.45) is 0 Å². The molecule has 2 aromatic carbocycles. The zero-order valence-electron chi connectivity index (χ0n) is 11.8. The van der Waals surface area contributed by atoms with Crippen LogP contribution in [0.2, 0.25) is 10.0 Å². The lowest BCUT2D eigenvalue weighted by molar-refractivity contribution is 0.0469. The summed E-state index contributed by atoms with van der Waals surface area (Å²) in [6.07, 6.45) is 0. The van der Waals surface area contributed by atoms with Crippen molar-refractivity contribution < 1.29 is 19.4 Å². The lowest BCUT2D eigenvalue weighted by atomic mass is 10.1. The summed E-state index contributed by atoms with van der Waals surface area (Å²) in [5.41, 5.74) is 1.68. The second-order valence-electron chi connectivity index (χ2n) is 4.49. The van der Waals surface area contributed by atoms with E-state index in [1.807, 2.05) is 0 Å². The first-order chi connectivity index (χ1) is 10.6. The van der Waals surface area contributed by atoms with Gasteiger partial charge in [-0.3, -0.25) is 0 Å². The van der Waals surface area contributed by atoms with Gasteiger partial charge in [-0.25, -0.2) is 4.79 Å². The maximum atomic E-state index is 12.2. The van der Waals surface area contributed by atoms with Gasteiger partial charge in [0.2, 0.25) is 0 Å². The number of aliphatic hydroxyl groups is 1. The summed E-state index contributed by atoms with van der Waals surface area (Å²) < 4.78 is 10.4. The SMILES string of the molecule is COc1c(Cl)ccc(Cl)c1C(=O)OCc1ccc(CO)cc1. The van der Waals surface area contributed by atoms with Crippen LogP contribution in [0.5, 0.6) is 5.75 Å². The van der Waals surface area contributed by atoms with Gasteiger partial charge in [0, 0.05) is 0 Å². The average molecular weight is 341 g/mol. The summed E-state index contributed by atoms with van der Waals surface area (Å²) in [5.74, 6) is -0.426. The zero-order chi connectivity index (χ0) is 16.1. The highest BCUT2D eigenvalue weighted by atomic mass is 35.5. The molecule has 2 aromatic rings. The molecule has 0 atom stereocenters. The molecule has 0 fully saturated rings.